The molecule has 2 unspecified atom stereocenters. The number of benzene rings is 3. The van der Waals surface area contributed by atoms with Gasteiger partial charge in [-0.05, 0) is 54.4 Å². The largest absolute Gasteiger partial charge is 0.491 e. The Bertz CT molecular complexity index is 1200. The average molecular weight is 510 g/mol. The van der Waals surface area contributed by atoms with Crippen LogP contribution in [0.3, 0.4) is 0 Å². The van der Waals surface area contributed by atoms with Crippen molar-refractivity contribution in [3.05, 3.63) is 94.3 Å². The average Bonchev–Trinajstić information content (AvgIpc) is 2.88. The molecule has 3 aromatic carbocycles. The first-order chi connectivity index (χ1) is 17.3. The second-order valence-corrected chi connectivity index (χ2v) is 9.45. The van der Waals surface area contributed by atoms with Crippen LogP contribution in [0.2, 0.25) is 5.02 Å². The predicted molar refractivity (Wildman–Crippen MR) is 138 cm³/mol. The lowest BCUT2D eigenvalue weighted by Gasteiger charge is -2.44. The third-order valence-electron chi connectivity index (χ3n) is 6.29. The molecule has 0 spiro atoms. The van der Waals surface area contributed by atoms with Crippen LogP contribution in [-0.4, -0.2) is 54.0 Å². The topological polar surface area (TPSA) is 80.0 Å². The molecular weight excluding hydrogens is 481 g/mol. The minimum Gasteiger partial charge on any atom is -0.491 e. The highest BCUT2D eigenvalue weighted by atomic mass is 35.5. The number of halogens is 2. The Balaban J connectivity index is 1.54. The second kappa shape index (κ2) is 11.7. The van der Waals surface area contributed by atoms with Gasteiger partial charge in [0, 0.05) is 32.2 Å². The van der Waals surface area contributed by atoms with Gasteiger partial charge in [0.1, 0.15) is 18.2 Å². The van der Waals surface area contributed by atoms with Gasteiger partial charge < -0.3 is 19.8 Å². The van der Waals surface area contributed by atoms with E-state index in [1.807, 2.05) is 12.1 Å². The van der Waals surface area contributed by atoms with Crippen molar-refractivity contribution in [2.75, 3.05) is 37.7 Å². The smallest absolute Gasteiger partial charge is 0.123 e. The fourth-order valence-electron chi connectivity index (χ4n) is 4.42. The van der Waals surface area contributed by atoms with E-state index in [4.69, 9.17) is 21.6 Å². The zero-order valence-electron chi connectivity index (χ0n) is 20.0. The number of hydrogen-bond donors (Lipinski definition) is 2. The molecule has 1 saturated heterocycles. The van der Waals surface area contributed by atoms with Gasteiger partial charge in [0.2, 0.25) is 0 Å². The maximum atomic E-state index is 13.7. The molecule has 0 aromatic heterocycles. The van der Waals surface area contributed by atoms with Crippen LogP contribution < -0.4 is 9.64 Å². The van der Waals surface area contributed by atoms with Gasteiger partial charge in [-0.2, -0.15) is 5.26 Å². The molecule has 1 fully saturated rings. The lowest BCUT2D eigenvalue weighted by Crippen LogP contribution is -2.49. The zero-order chi connectivity index (χ0) is 25.7. The molecule has 1 aliphatic rings. The molecule has 2 N–H and O–H groups in total. The van der Waals surface area contributed by atoms with E-state index in [-0.39, 0.29) is 18.5 Å². The van der Waals surface area contributed by atoms with Crippen LogP contribution in [-0.2, 0) is 0 Å². The molecule has 1 aliphatic heterocycles. The van der Waals surface area contributed by atoms with Gasteiger partial charge >= 0.3 is 0 Å². The van der Waals surface area contributed by atoms with Crippen LogP contribution in [0.5, 0.6) is 5.75 Å². The summed E-state index contributed by atoms with van der Waals surface area (Å²) in [6.07, 6.45) is -1.29. The monoisotopic (exact) mass is 509 g/mol. The Morgan fingerprint density at radius 1 is 1.08 bits per heavy atom. The van der Waals surface area contributed by atoms with Crippen LogP contribution in [0.15, 0.2) is 66.7 Å². The van der Waals surface area contributed by atoms with Crippen molar-refractivity contribution in [1.82, 2.24) is 4.90 Å². The molecule has 0 radical (unpaired) electrons. The number of ether oxygens (including phenoxy) is 1. The summed E-state index contributed by atoms with van der Waals surface area (Å²) in [4.78, 5) is 4.38. The SMILES string of the molecule is CC(O)COc1ccc(N2CCN(CC(O)c3ccc(C#N)cc3)C[C@H]2c2ccc(F)cc2)c(Cl)c1. The summed E-state index contributed by atoms with van der Waals surface area (Å²) in [5.41, 5.74) is 3.09. The van der Waals surface area contributed by atoms with Crippen molar-refractivity contribution in [1.29, 1.82) is 5.26 Å². The lowest BCUT2D eigenvalue weighted by molar-refractivity contribution is 0.100. The van der Waals surface area contributed by atoms with Crippen LogP contribution in [0.4, 0.5) is 10.1 Å². The Labute approximate surface area is 215 Å². The molecule has 3 atom stereocenters. The number of hydrogen-bond acceptors (Lipinski definition) is 6. The highest BCUT2D eigenvalue weighted by Gasteiger charge is 2.31. The summed E-state index contributed by atoms with van der Waals surface area (Å²) in [6, 6.07) is 20.9. The van der Waals surface area contributed by atoms with Crippen molar-refractivity contribution in [3.63, 3.8) is 0 Å². The fourth-order valence-corrected chi connectivity index (χ4v) is 4.70. The highest BCUT2D eigenvalue weighted by molar-refractivity contribution is 6.33. The summed E-state index contributed by atoms with van der Waals surface area (Å²) in [7, 11) is 0. The molecule has 188 valence electrons. The molecule has 0 bridgehead atoms. The summed E-state index contributed by atoms with van der Waals surface area (Å²) in [5, 5.41) is 29.8. The molecule has 0 amide bonds. The third kappa shape index (κ3) is 6.34. The number of rotatable bonds is 8. The van der Waals surface area contributed by atoms with E-state index in [1.54, 1.807) is 49.4 Å². The molecule has 4 rings (SSSR count). The first-order valence-corrected chi connectivity index (χ1v) is 12.2. The molecule has 8 heteroatoms. The molecule has 36 heavy (non-hydrogen) atoms. The Hall–Kier alpha value is -3.15. The van der Waals surface area contributed by atoms with Gasteiger partial charge in [0.25, 0.3) is 0 Å². The molecule has 1 heterocycles. The van der Waals surface area contributed by atoms with Crippen molar-refractivity contribution in [2.45, 2.75) is 25.2 Å². The second-order valence-electron chi connectivity index (χ2n) is 9.04. The van der Waals surface area contributed by atoms with Crippen molar-refractivity contribution in [2.24, 2.45) is 0 Å². The number of piperazine rings is 1. The molecule has 3 aromatic rings. The standard InChI is InChI=1S/C28H29ClFN3O3/c1-19(34)18-36-24-10-11-26(25(29)14-24)33-13-12-32(16-27(33)21-6-8-23(30)9-7-21)17-28(35)22-4-2-20(15-31)3-5-22/h2-11,14,19,27-28,34-35H,12-13,16-18H2,1H3/t19?,27-,28?/m0/s1. The van der Waals surface area contributed by atoms with Gasteiger partial charge in [-0.25, -0.2) is 4.39 Å². The molecule has 0 saturated carbocycles. The van der Waals surface area contributed by atoms with E-state index in [2.05, 4.69) is 15.9 Å². The van der Waals surface area contributed by atoms with Crippen LogP contribution in [0.25, 0.3) is 0 Å². The summed E-state index contributed by atoms with van der Waals surface area (Å²) in [5.74, 6) is 0.277. The van der Waals surface area contributed by atoms with E-state index in [0.717, 1.165) is 16.8 Å². The maximum Gasteiger partial charge on any atom is 0.123 e. The van der Waals surface area contributed by atoms with Crippen LogP contribution >= 0.6 is 11.6 Å². The van der Waals surface area contributed by atoms with Crippen LogP contribution in [0, 0.1) is 17.1 Å². The fraction of sp³-hybridized carbons (Fsp3) is 0.321. The minimum atomic E-state index is -0.702. The maximum absolute atomic E-state index is 13.7. The van der Waals surface area contributed by atoms with Crippen LogP contribution in [0.1, 0.15) is 35.8 Å². The lowest BCUT2D eigenvalue weighted by atomic mass is 10.00. The molecule has 6 nitrogen and oxygen atoms in total. The minimum absolute atomic E-state index is 0.116. The molecule has 0 aliphatic carbocycles. The highest BCUT2D eigenvalue weighted by Crippen LogP contribution is 2.37. The van der Waals surface area contributed by atoms with Gasteiger partial charge in [0.15, 0.2) is 0 Å². The van der Waals surface area contributed by atoms with E-state index >= 15 is 0 Å². The number of aliphatic hydroxyl groups is 2. The van der Waals surface area contributed by atoms with Gasteiger partial charge in [-0.15, -0.1) is 0 Å². The summed E-state index contributed by atoms with van der Waals surface area (Å²) >= 11 is 6.66. The predicted octanol–water partition coefficient (Wildman–Crippen LogP) is 4.71. The van der Waals surface area contributed by atoms with E-state index in [9.17, 15) is 14.6 Å². The zero-order valence-corrected chi connectivity index (χ0v) is 20.8. The number of aliphatic hydroxyl groups excluding tert-OH is 2. The summed E-state index contributed by atoms with van der Waals surface area (Å²) < 4.78 is 19.3. The Morgan fingerprint density at radius 2 is 1.81 bits per heavy atom. The number of anilines is 1. The Kier molecular flexibility index (Phi) is 8.44. The number of nitrogens with zero attached hydrogens (tertiary/aromatic N) is 3. The third-order valence-corrected chi connectivity index (χ3v) is 6.60. The van der Waals surface area contributed by atoms with Crippen molar-refractivity contribution in [3.8, 4) is 11.8 Å². The Morgan fingerprint density at radius 3 is 2.44 bits per heavy atom. The normalized spacial score (nSPS) is 17.9. The van der Waals surface area contributed by atoms with Gasteiger partial charge in [-0.3, -0.25) is 4.90 Å². The summed E-state index contributed by atoms with van der Waals surface area (Å²) in [6.45, 7) is 4.21. The van der Waals surface area contributed by atoms with Gasteiger partial charge in [0.05, 0.1) is 40.6 Å². The van der Waals surface area contributed by atoms with E-state index < -0.39 is 12.2 Å². The van der Waals surface area contributed by atoms with Crippen molar-refractivity contribution >= 4 is 17.3 Å². The van der Waals surface area contributed by atoms with Gasteiger partial charge in [-0.1, -0.05) is 35.9 Å². The number of β-amino-alcohol motifs (C(OH)–C–C–N with tert-alkyl or cyclic N) is 1. The molecular formula is C28H29ClFN3O3. The quantitative estimate of drug-likeness (QED) is 0.458. The van der Waals surface area contributed by atoms with Crippen molar-refractivity contribution < 1.29 is 19.3 Å². The first kappa shape index (κ1) is 25.9. The van der Waals surface area contributed by atoms with E-state index in [0.29, 0.717) is 42.5 Å². The first-order valence-electron chi connectivity index (χ1n) is 11.9. The number of nitriles is 1. The van der Waals surface area contributed by atoms with E-state index in [1.165, 1.54) is 12.1 Å².